The number of nitrogens with zero attached hydrogens (tertiary/aromatic N) is 4. The molecule has 7 heteroatoms. The summed E-state index contributed by atoms with van der Waals surface area (Å²) in [6, 6.07) is 6.48. The van der Waals surface area contributed by atoms with Crippen molar-refractivity contribution >= 4 is 11.5 Å². The first-order valence-corrected chi connectivity index (χ1v) is 11.3. The van der Waals surface area contributed by atoms with Crippen LogP contribution >= 0.6 is 0 Å². The van der Waals surface area contributed by atoms with E-state index in [1.165, 1.54) is 5.69 Å². The van der Waals surface area contributed by atoms with Crippen LogP contribution in [0.2, 0.25) is 0 Å². The molecule has 2 N–H and O–H groups in total. The second-order valence-corrected chi connectivity index (χ2v) is 8.98. The molecule has 166 valence electrons. The molecule has 3 aromatic heterocycles. The van der Waals surface area contributed by atoms with E-state index in [9.17, 15) is 5.11 Å². The Bertz CT molecular complexity index is 1020. The van der Waals surface area contributed by atoms with Crippen LogP contribution in [0, 0.1) is 6.92 Å². The van der Waals surface area contributed by atoms with E-state index in [2.05, 4.69) is 34.3 Å². The van der Waals surface area contributed by atoms with Crippen molar-refractivity contribution in [1.29, 1.82) is 0 Å². The summed E-state index contributed by atoms with van der Waals surface area (Å²) in [5.41, 5.74) is 5.40. The summed E-state index contributed by atoms with van der Waals surface area (Å²) in [5.74, 6) is 0.967. The average Bonchev–Trinajstić information content (AvgIpc) is 3.12. The molecule has 0 aliphatic heterocycles. The molecule has 0 saturated heterocycles. The number of fused-ring (bicyclic) bond motifs is 1. The van der Waals surface area contributed by atoms with Gasteiger partial charge in [-0.2, -0.15) is 0 Å². The summed E-state index contributed by atoms with van der Waals surface area (Å²) >= 11 is 0. The largest absolute Gasteiger partial charge is 0.393 e. The molecular weight excluding hydrogens is 390 g/mol. The Kier molecular flexibility index (Phi) is 6.53. The van der Waals surface area contributed by atoms with Crippen LogP contribution in [0.15, 0.2) is 30.6 Å². The van der Waals surface area contributed by atoms with Crippen LogP contribution in [0.1, 0.15) is 63.8 Å². The van der Waals surface area contributed by atoms with E-state index < -0.39 is 0 Å². The molecule has 1 aliphatic carbocycles. The van der Waals surface area contributed by atoms with E-state index in [0.717, 1.165) is 48.0 Å². The minimum absolute atomic E-state index is 0.103. The third-order valence-electron chi connectivity index (χ3n) is 5.92. The van der Waals surface area contributed by atoms with Gasteiger partial charge in [0.25, 0.3) is 0 Å². The van der Waals surface area contributed by atoms with Crippen LogP contribution in [0.25, 0.3) is 16.6 Å². The minimum Gasteiger partial charge on any atom is -0.393 e. The Morgan fingerprint density at radius 1 is 1.16 bits per heavy atom. The highest BCUT2D eigenvalue weighted by molar-refractivity contribution is 5.81. The second kappa shape index (κ2) is 9.32. The smallest absolute Gasteiger partial charge is 0.241 e. The summed E-state index contributed by atoms with van der Waals surface area (Å²) in [4.78, 5) is 8.94. The van der Waals surface area contributed by atoms with Gasteiger partial charge in [-0.1, -0.05) is 0 Å². The van der Waals surface area contributed by atoms with Gasteiger partial charge in [0.15, 0.2) is 0 Å². The molecule has 0 aromatic carbocycles. The average molecular weight is 424 g/mol. The van der Waals surface area contributed by atoms with Crippen molar-refractivity contribution in [2.24, 2.45) is 0 Å². The second-order valence-electron chi connectivity index (χ2n) is 8.98. The predicted molar refractivity (Wildman–Crippen MR) is 122 cm³/mol. The van der Waals surface area contributed by atoms with Gasteiger partial charge in [0.2, 0.25) is 5.95 Å². The number of hydrogen-bond donors (Lipinski definition) is 2. The van der Waals surface area contributed by atoms with Gasteiger partial charge in [0.1, 0.15) is 0 Å². The van der Waals surface area contributed by atoms with E-state index in [1.807, 2.05) is 43.7 Å². The number of rotatable bonds is 7. The highest BCUT2D eigenvalue weighted by atomic mass is 16.5. The monoisotopic (exact) mass is 423 g/mol. The van der Waals surface area contributed by atoms with Gasteiger partial charge in [0.05, 0.1) is 30.5 Å². The van der Waals surface area contributed by atoms with Crippen LogP contribution in [0.3, 0.4) is 0 Å². The van der Waals surface area contributed by atoms with Crippen molar-refractivity contribution in [3.8, 4) is 11.1 Å². The Labute approximate surface area is 183 Å². The zero-order valence-electron chi connectivity index (χ0n) is 18.9. The Hall–Kier alpha value is -2.51. The van der Waals surface area contributed by atoms with Crippen molar-refractivity contribution < 1.29 is 9.84 Å². The van der Waals surface area contributed by atoms with E-state index >= 15 is 0 Å². The third-order valence-corrected chi connectivity index (χ3v) is 5.92. The predicted octanol–water partition coefficient (Wildman–Crippen LogP) is 4.34. The van der Waals surface area contributed by atoms with Gasteiger partial charge in [-0.3, -0.25) is 4.98 Å². The summed E-state index contributed by atoms with van der Waals surface area (Å²) < 4.78 is 7.75. The molecule has 0 spiro atoms. The zero-order valence-corrected chi connectivity index (χ0v) is 18.9. The minimum atomic E-state index is -0.182. The lowest BCUT2D eigenvalue weighted by Gasteiger charge is -2.25. The van der Waals surface area contributed by atoms with Crippen molar-refractivity contribution in [3.63, 3.8) is 0 Å². The molecular formula is C24H33N5O2. The van der Waals surface area contributed by atoms with Crippen molar-refractivity contribution in [2.45, 2.75) is 77.5 Å². The highest BCUT2D eigenvalue weighted by Crippen LogP contribution is 2.37. The number of aromatic nitrogens is 4. The summed E-state index contributed by atoms with van der Waals surface area (Å²) in [6.45, 7) is 8.74. The molecule has 0 radical (unpaired) electrons. The molecule has 0 unspecified atom stereocenters. The zero-order chi connectivity index (χ0) is 22.0. The van der Waals surface area contributed by atoms with Gasteiger partial charge >= 0.3 is 0 Å². The molecule has 1 saturated carbocycles. The van der Waals surface area contributed by atoms with Gasteiger partial charge in [-0.05, 0) is 77.1 Å². The topological polar surface area (TPSA) is 84.6 Å². The van der Waals surface area contributed by atoms with Gasteiger partial charge in [-0.15, -0.1) is 5.10 Å². The molecule has 3 aromatic rings. The number of aliphatic hydroxyl groups excluding tert-OH is 1. The SMILES string of the molecule is Cc1cc(-c2cc(C3CCC(O)CC3)n3nc(N[C@@H](C)COC(C)C)ncc23)ccn1. The normalized spacial score (nSPS) is 20.3. The van der Waals surface area contributed by atoms with E-state index in [0.29, 0.717) is 18.5 Å². The Balaban J connectivity index is 1.70. The van der Waals surface area contributed by atoms with E-state index in [4.69, 9.17) is 9.84 Å². The molecule has 31 heavy (non-hydrogen) atoms. The maximum atomic E-state index is 9.97. The molecule has 4 rings (SSSR count). The number of aryl methyl sites for hydroxylation is 1. The lowest BCUT2D eigenvalue weighted by atomic mass is 9.85. The van der Waals surface area contributed by atoms with Crippen LogP contribution in [0.5, 0.6) is 0 Å². The van der Waals surface area contributed by atoms with Crippen LogP contribution in [-0.4, -0.2) is 49.5 Å². The summed E-state index contributed by atoms with van der Waals surface area (Å²) in [7, 11) is 0. The van der Waals surface area contributed by atoms with E-state index in [-0.39, 0.29) is 18.2 Å². The number of ether oxygens (including phenoxy) is 1. The maximum absolute atomic E-state index is 9.97. The first-order valence-electron chi connectivity index (χ1n) is 11.3. The lowest BCUT2D eigenvalue weighted by Crippen LogP contribution is -2.25. The molecule has 3 heterocycles. The molecule has 7 nitrogen and oxygen atoms in total. The standard InChI is InChI=1S/C24H33N5O2/c1-15(2)31-14-17(4)27-24-26-13-23-21(19-9-10-25-16(3)11-19)12-22(29(23)28-24)18-5-7-20(30)8-6-18/h9-13,15,17-18,20,30H,5-8,14H2,1-4H3,(H,27,28)/t17-,18?,20?/m0/s1. The molecule has 1 atom stereocenters. The number of pyridine rings is 1. The quantitative estimate of drug-likeness (QED) is 0.588. The van der Waals surface area contributed by atoms with Gasteiger partial charge in [-0.25, -0.2) is 9.50 Å². The molecule has 0 bridgehead atoms. The summed E-state index contributed by atoms with van der Waals surface area (Å²) in [6.07, 6.45) is 7.36. The first kappa shape index (κ1) is 21.7. The fourth-order valence-corrected chi connectivity index (χ4v) is 4.29. The fourth-order valence-electron chi connectivity index (χ4n) is 4.29. The molecule has 0 amide bonds. The van der Waals surface area contributed by atoms with Gasteiger partial charge < -0.3 is 15.2 Å². The third kappa shape index (κ3) is 5.05. The Morgan fingerprint density at radius 2 is 1.94 bits per heavy atom. The highest BCUT2D eigenvalue weighted by Gasteiger charge is 2.25. The van der Waals surface area contributed by atoms with Crippen LogP contribution in [-0.2, 0) is 4.74 Å². The summed E-state index contributed by atoms with van der Waals surface area (Å²) in [5, 5.41) is 18.2. The Morgan fingerprint density at radius 3 is 2.65 bits per heavy atom. The van der Waals surface area contributed by atoms with Crippen LogP contribution < -0.4 is 5.32 Å². The van der Waals surface area contributed by atoms with Crippen molar-refractivity contribution in [1.82, 2.24) is 19.6 Å². The van der Waals surface area contributed by atoms with E-state index in [1.54, 1.807) is 0 Å². The fraction of sp³-hybridized carbons (Fsp3) is 0.542. The number of hydrogen-bond acceptors (Lipinski definition) is 6. The van der Waals surface area contributed by atoms with Gasteiger partial charge in [0, 0.05) is 35.1 Å². The number of nitrogens with one attached hydrogen (secondary N) is 1. The van der Waals surface area contributed by atoms with Crippen LogP contribution in [0.4, 0.5) is 5.95 Å². The first-order chi connectivity index (χ1) is 14.9. The maximum Gasteiger partial charge on any atom is 0.241 e. The number of aliphatic hydroxyl groups is 1. The number of anilines is 1. The van der Waals surface area contributed by atoms with Crippen molar-refractivity contribution in [3.05, 3.63) is 42.0 Å². The lowest BCUT2D eigenvalue weighted by molar-refractivity contribution is 0.0741. The van der Waals surface area contributed by atoms with Crippen molar-refractivity contribution in [2.75, 3.05) is 11.9 Å². The molecule has 1 aliphatic rings. The molecule has 1 fully saturated rings.